The molecular weight excluding hydrogens is 280 g/mol. The van der Waals surface area contributed by atoms with E-state index < -0.39 is 0 Å². The van der Waals surface area contributed by atoms with Gasteiger partial charge in [0.2, 0.25) is 0 Å². The van der Waals surface area contributed by atoms with Crippen molar-refractivity contribution in [3.05, 3.63) is 53.9 Å². The van der Waals surface area contributed by atoms with Gasteiger partial charge in [-0.1, -0.05) is 26.0 Å². The van der Waals surface area contributed by atoms with Crippen LogP contribution >= 0.6 is 11.8 Å². The number of thioether (sulfide) groups is 1. The summed E-state index contributed by atoms with van der Waals surface area (Å²) in [6.07, 6.45) is 4.51. The highest BCUT2D eigenvalue weighted by atomic mass is 32.2. The third-order valence-electron chi connectivity index (χ3n) is 3.12. The Hall–Kier alpha value is -1.52. The Labute approximate surface area is 130 Å². The second kappa shape index (κ2) is 8.05. The number of ether oxygens (including phenoxy) is 1. The first-order valence-electron chi connectivity index (χ1n) is 7.30. The van der Waals surface area contributed by atoms with Crippen molar-refractivity contribution in [3.63, 3.8) is 0 Å². The molecule has 1 aromatic heterocycles. The van der Waals surface area contributed by atoms with Crippen LogP contribution in [0.15, 0.2) is 47.6 Å². The summed E-state index contributed by atoms with van der Waals surface area (Å²) in [6.45, 7) is 4.93. The average molecular weight is 302 g/mol. The van der Waals surface area contributed by atoms with Crippen molar-refractivity contribution >= 4 is 11.8 Å². The highest BCUT2D eigenvalue weighted by molar-refractivity contribution is 7.99. The van der Waals surface area contributed by atoms with E-state index >= 15 is 0 Å². The van der Waals surface area contributed by atoms with Gasteiger partial charge in [-0.2, -0.15) is 0 Å². The summed E-state index contributed by atoms with van der Waals surface area (Å²) >= 11 is 1.83. The molecule has 21 heavy (non-hydrogen) atoms. The fourth-order valence-corrected chi connectivity index (χ4v) is 2.70. The van der Waals surface area contributed by atoms with E-state index in [2.05, 4.69) is 43.1 Å². The maximum absolute atomic E-state index is 6.34. The molecule has 0 bridgehead atoms. The topological polar surface area (TPSA) is 48.1 Å². The summed E-state index contributed by atoms with van der Waals surface area (Å²) in [7, 11) is 0. The summed E-state index contributed by atoms with van der Waals surface area (Å²) in [6, 6.07) is 10.2. The molecule has 1 heterocycles. The largest absolute Gasteiger partial charge is 0.492 e. The minimum absolute atomic E-state index is 0.177. The molecule has 0 saturated carbocycles. The van der Waals surface area contributed by atoms with E-state index in [4.69, 9.17) is 10.5 Å². The molecule has 2 aromatic rings. The number of rotatable bonds is 7. The zero-order chi connectivity index (χ0) is 15.1. The molecule has 2 rings (SSSR count). The lowest BCUT2D eigenvalue weighted by Crippen LogP contribution is -2.12. The highest BCUT2D eigenvalue weighted by Crippen LogP contribution is 2.25. The molecule has 0 aliphatic heterocycles. The van der Waals surface area contributed by atoms with Gasteiger partial charge in [-0.3, -0.25) is 4.98 Å². The van der Waals surface area contributed by atoms with Crippen LogP contribution in [0.25, 0.3) is 0 Å². The third kappa shape index (κ3) is 4.48. The minimum Gasteiger partial charge on any atom is -0.492 e. The molecule has 1 aromatic carbocycles. The molecule has 0 aliphatic rings. The van der Waals surface area contributed by atoms with Crippen LogP contribution in [0, 0.1) is 0 Å². The van der Waals surface area contributed by atoms with Crippen molar-refractivity contribution in [3.8, 4) is 5.75 Å². The Morgan fingerprint density at radius 2 is 1.90 bits per heavy atom. The maximum atomic E-state index is 6.34. The first-order chi connectivity index (χ1) is 10.2. The highest BCUT2D eigenvalue weighted by Gasteiger charge is 2.10. The summed E-state index contributed by atoms with van der Waals surface area (Å²) in [4.78, 5) is 5.49. The molecule has 0 fully saturated rings. The molecular formula is C17H22N2OS. The number of nitrogens with two attached hydrogens (primary N) is 1. The zero-order valence-electron chi connectivity index (χ0n) is 12.6. The number of pyridine rings is 1. The predicted molar refractivity (Wildman–Crippen MR) is 88.9 cm³/mol. The summed E-state index contributed by atoms with van der Waals surface area (Å²) < 4.78 is 5.61. The first-order valence-corrected chi connectivity index (χ1v) is 8.29. The summed E-state index contributed by atoms with van der Waals surface area (Å²) in [5.74, 6) is 1.86. The van der Waals surface area contributed by atoms with Gasteiger partial charge >= 0.3 is 0 Å². The standard InChI is InChI=1S/C17H22N2OS/c1-3-9-20-15-10-14(11-19-12-15)17(18)13-5-7-16(8-6-13)21-4-2/h5-8,10-12,17H,3-4,9,18H2,1-2H3. The van der Waals surface area contributed by atoms with Crippen LogP contribution in [0.2, 0.25) is 0 Å². The van der Waals surface area contributed by atoms with Crippen LogP contribution in [-0.4, -0.2) is 17.3 Å². The van der Waals surface area contributed by atoms with Crippen LogP contribution < -0.4 is 10.5 Å². The molecule has 0 saturated heterocycles. The van der Waals surface area contributed by atoms with Crippen molar-refractivity contribution in [2.24, 2.45) is 5.73 Å². The van der Waals surface area contributed by atoms with Crippen LogP contribution in [0.4, 0.5) is 0 Å². The van der Waals surface area contributed by atoms with E-state index in [0.29, 0.717) is 6.61 Å². The Kier molecular flexibility index (Phi) is 6.08. The van der Waals surface area contributed by atoms with E-state index in [9.17, 15) is 0 Å². The maximum Gasteiger partial charge on any atom is 0.137 e. The lowest BCUT2D eigenvalue weighted by Gasteiger charge is -2.14. The van der Waals surface area contributed by atoms with Crippen LogP contribution in [-0.2, 0) is 0 Å². The Morgan fingerprint density at radius 3 is 2.57 bits per heavy atom. The monoisotopic (exact) mass is 302 g/mol. The van der Waals surface area contributed by atoms with Gasteiger partial charge in [0.05, 0.1) is 18.8 Å². The summed E-state index contributed by atoms with van der Waals surface area (Å²) in [5, 5.41) is 0. The first kappa shape index (κ1) is 15.9. The smallest absolute Gasteiger partial charge is 0.137 e. The van der Waals surface area contributed by atoms with E-state index in [0.717, 1.165) is 29.1 Å². The van der Waals surface area contributed by atoms with Crippen LogP contribution in [0.3, 0.4) is 0 Å². The molecule has 3 nitrogen and oxygen atoms in total. The Bertz CT molecular complexity index is 557. The van der Waals surface area contributed by atoms with Crippen molar-refractivity contribution in [1.29, 1.82) is 0 Å². The number of hydrogen-bond donors (Lipinski definition) is 1. The molecule has 0 amide bonds. The Morgan fingerprint density at radius 1 is 1.14 bits per heavy atom. The SMILES string of the molecule is CCCOc1cncc(C(N)c2ccc(SCC)cc2)c1. The molecule has 0 aliphatic carbocycles. The number of benzene rings is 1. The van der Waals surface area contributed by atoms with Gasteiger partial charge in [-0.25, -0.2) is 0 Å². The molecule has 0 spiro atoms. The molecule has 1 unspecified atom stereocenters. The van der Waals surface area contributed by atoms with Gasteiger partial charge in [-0.15, -0.1) is 11.8 Å². The van der Waals surface area contributed by atoms with Crippen molar-refractivity contribution < 1.29 is 4.74 Å². The van der Waals surface area contributed by atoms with E-state index in [-0.39, 0.29) is 6.04 Å². The third-order valence-corrected chi connectivity index (χ3v) is 4.01. The number of hydrogen-bond acceptors (Lipinski definition) is 4. The van der Waals surface area contributed by atoms with Gasteiger partial charge < -0.3 is 10.5 Å². The molecule has 1 atom stereocenters. The minimum atomic E-state index is -0.177. The van der Waals surface area contributed by atoms with E-state index in [1.165, 1.54) is 4.90 Å². The van der Waals surface area contributed by atoms with Crippen molar-refractivity contribution in [1.82, 2.24) is 4.98 Å². The number of aromatic nitrogens is 1. The molecule has 112 valence electrons. The van der Waals surface area contributed by atoms with Gasteiger partial charge in [0.25, 0.3) is 0 Å². The van der Waals surface area contributed by atoms with Crippen molar-refractivity contribution in [2.75, 3.05) is 12.4 Å². The Balaban J connectivity index is 2.13. The molecule has 2 N–H and O–H groups in total. The average Bonchev–Trinajstić information content (AvgIpc) is 2.53. The van der Waals surface area contributed by atoms with Crippen LogP contribution in [0.5, 0.6) is 5.75 Å². The second-order valence-electron chi connectivity index (χ2n) is 4.78. The normalized spacial score (nSPS) is 12.1. The summed E-state index contributed by atoms with van der Waals surface area (Å²) in [5.41, 5.74) is 8.40. The molecule has 0 radical (unpaired) electrons. The molecule has 4 heteroatoms. The predicted octanol–water partition coefficient (Wildman–Crippen LogP) is 4.03. The van der Waals surface area contributed by atoms with Crippen molar-refractivity contribution in [2.45, 2.75) is 31.2 Å². The van der Waals surface area contributed by atoms with Gasteiger partial charge in [0.15, 0.2) is 0 Å². The van der Waals surface area contributed by atoms with Crippen LogP contribution in [0.1, 0.15) is 37.4 Å². The van der Waals surface area contributed by atoms with Gasteiger partial charge in [0, 0.05) is 11.1 Å². The number of nitrogens with zero attached hydrogens (tertiary/aromatic N) is 1. The van der Waals surface area contributed by atoms with E-state index in [1.54, 1.807) is 12.4 Å². The fourth-order valence-electron chi connectivity index (χ4n) is 2.04. The van der Waals surface area contributed by atoms with Gasteiger partial charge in [-0.05, 0) is 41.5 Å². The quantitative estimate of drug-likeness (QED) is 0.784. The second-order valence-corrected chi connectivity index (χ2v) is 6.12. The van der Waals surface area contributed by atoms with Gasteiger partial charge in [0.1, 0.15) is 5.75 Å². The zero-order valence-corrected chi connectivity index (χ0v) is 13.4. The van der Waals surface area contributed by atoms with E-state index in [1.807, 2.05) is 17.8 Å². The lowest BCUT2D eigenvalue weighted by molar-refractivity contribution is 0.315. The fraction of sp³-hybridized carbons (Fsp3) is 0.353. The lowest BCUT2D eigenvalue weighted by atomic mass is 10.0.